The Balaban J connectivity index is 1.39. The van der Waals surface area contributed by atoms with Gasteiger partial charge in [0.1, 0.15) is 11.5 Å². The summed E-state index contributed by atoms with van der Waals surface area (Å²) in [4.78, 5) is 0. The first-order valence-corrected chi connectivity index (χ1v) is 13.2. The van der Waals surface area contributed by atoms with E-state index in [0.29, 0.717) is 12.2 Å². The first-order valence-electron chi connectivity index (χ1n) is 11.8. The molecule has 2 N–H and O–H groups in total. The van der Waals surface area contributed by atoms with Crippen molar-refractivity contribution in [3.05, 3.63) is 84.4 Å². The number of phenols is 2. The molecule has 0 aromatic heterocycles. The van der Waals surface area contributed by atoms with Crippen LogP contribution >= 0.6 is 7.82 Å². The van der Waals surface area contributed by atoms with Crippen molar-refractivity contribution >= 4 is 7.82 Å². The van der Waals surface area contributed by atoms with Crippen LogP contribution in [0.15, 0.2) is 78.9 Å². The van der Waals surface area contributed by atoms with Crippen LogP contribution in [0.25, 0.3) is 0 Å². The summed E-state index contributed by atoms with van der Waals surface area (Å²) >= 11 is 0. The maximum Gasteiger partial charge on any atom is 0.587 e. The lowest BCUT2D eigenvalue weighted by molar-refractivity contribution is 0.203. The third-order valence-electron chi connectivity index (χ3n) is 5.32. The Morgan fingerprint density at radius 3 is 2.00 bits per heavy atom. The Morgan fingerprint density at radius 2 is 1.29 bits per heavy atom. The van der Waals surface area contributed by atoms with E-state index in [0.717, 1.165) is 31.7 Å². The van der Waals surface area contributed by atoms with Gasteiger partial charge in [-0.25, -0.2) is 4.57 Å². The summed E-state index contributed by atoms with van der Waals surface area (Å²) in [5.41, 5.74) is 1.39. The molecule has 34 heavy (non-hydrogen) atoms. The van der Waals surface area contributed by atoms with E-state index in [9.17, 15) is 14.8 Å². The molecule has 0 aliphatic heterocycles. The average molecular weight is 485 g/mol. The molecule has 0 spiro atoms. The molecule has 1 atom stereocenters. The van der Waals surface area contributed by atoms with Crippen LogP contribution in [0.1, 0.15) is 50.5 Å². The first-order chi connectivity index (χ1) is 16.5. The molecule has 3 aromatic rings. The van der Waals surface area contributed by atoms with Crippen LogP contribution in [0.3, 0.4) is 0 Å². The van der Waals surface area contributed by atoms with Crippen molar-refractivity contribution in [3.8, 4) is 23.0 Å². The highest BCUT2D eigenvalue weighted by Crippen LogP contribution is 2.51. The van der Waals surface area contributed by atoms with Crippen molar-refractivity contribution in [3.63, 3.8) is 0 Å². The molecule has 3 aromatic carbocycles. The fourth-order valence-corrected chi connectivity index (χ4v) is 4.78. The zero-order valence-electron chi connectivity index (χ0n) is 19.3. The number of rotatable bonds is 15. The fourth-order valence-electron chi connectivity index (χ4n) is 3.51. The molecule has 3 rings (SSSR count). The molecule has 0 aliphatic rings. The lowest BCUT2D eigenvalue weighted by Gasteiger charge is -2.19. The lowest BCUT2D eigenvalue weighted by Crippen LogP contribution is -2.06. The van der Waals surface area contributed by atoms with Gasteiger partial charge in [0.2, 0.25) is 0 Å². The molecule has 0 fully saturated rings. The maximum absolute atomic E-state index is 13.3. The number of aromatic hydroxyl groups is 2. The summed E-state index contributed by atoms with van der Waals surface area (Å²) in [6, 6.07) is 22.8. The van der Waals surface area contributed by atoms with E-state index in [1.54, 1.807) is 24.3 Å². The minimum absolute atomic E-state index is 0.136. The van der Waals surface area contributed by atoms with Crippen molar-refractivity contribution in [1.29, 1.82) is 0 Å². The molecule has 0 aliphatic carbocycles. The van der Waals surface area contributed by atoms with Crippen LogP contribution in [-0.4, -0.2) is 16.8 Å². The highest BCUT2D eigenvalue weighted by atomic mass is 31.2. The van der Waals surface area contributed by atoms with Gasteiger partial charge in [0.05, 0.1) is 6.61 Å². The van der Waals surface area contributed by atoms with Crippen molar-refractivity contribution in [2.45, 2.75) is 51.4 Å². The second kappa shape index (κ2) is 13.7. The molecule has 0 radical (unpaired) electrons. The summed E-state index contributed by atoms with van der Waals surface area (Å²) in [6.45, 7) is 0.192. The molecular formula is C27H33O6P. The normalized spacial score (nSPS) is 12.7. The van der Waals surface area contributed by atoms with E-state index < -0.39 is 7.82 Å². The quantitative estimate of drug-likeness (QED) is 0.131. The van der Waals surface area contributed by atoms with Gasteiger partial charge in [0, 0.05) is 6.07 Å². The van der Waals surface area contributed by atoms with E-state index in [4.69, 9.17) is 13.6 Å². The van der Waals surface area contributed by atoms with Gasteiger partial charge in [-0.05, 0) is 49.1 Å². The number of phenolic OH excluding ortho intramolecular Hbond substituents is 2. The van der Waals surface area contributed by atoms with Crippen molar-refractivity contribution in [2.24, 2.45) is 0 Å². The summed E-state index contributed by atoms with van der Waals surface area (Å²) < 4.78 is 29.8. The maximum atomic E-state index is 13.3. The first kappa shape index (κ1) is 25.7. The average Bonchev–Trinajstić information content (AvgIpc) is 2.84. The second-order valence-corrected chi connectivity index (χ2v) is 9.66. The van der Waals surface area contributed by atoms with E-state index in [1.807, 2.05) is 12.1 Å². The Hall–Kier alpha value is -2.95. The van der Waals surface area contributed by atoms with Crippen LogP contribution in [0.4, 0.5) is 0 Å². The fraction of sp³-hybridized carbons (Fsp3) is 0.333. The van der Waals surface area contributed by atoms with Crippen LogP contribution in [0, 0.1) is 0 Å². The molecular weight excluding hydrogens is 451 g/mol. The van der Waals surface area contributed by atoms with E-state index in [1.165, 1.54) is 37.0 Å². The van der Waals surface area contributed by atoms with Gasteiger partial charge in [0.25, 0.3) is 0 Å². The number of aryl methyl sites for hydroxylation is 1. The Kier molecular flexibility index (Phi) is 10.3. The van der Waals surface area contributed by atoms with Gasteiger partial charge >= 0.3 is 7.82 Å². The van der Waals surface area contributed by atoms with Crippen molar-refractivity contribution in [2.75, 3.05) is 6.61 Å². The molecule has 0 bridgehead atoms. The molecule has 6 nitrogen and oxygen atoms in total. The van der Waals surface area contributed by atoms with Crippen LogP contribution in [-0.2, 0) is 15.5 Å². The monoisotopic (exact) mass is 484 g/mol. The van der Waals surface area contributed by atoms with Crippen LogP contribution < -0.4 is 9.05 Å². The number of para-hydroxylation sites is 1. The topological polar surface area (TPSA) is 85.2 Å². The minimum Gasteiger partial charge on any atom is -0.508 e. The highest BCUT2D eigenvalue weighted by Gasteiger charge is 2.32. The Labute approximate surface area is 201 Å². The lowest BCUT2D eigenvalue weighted by atomic mass is 10.0. The standard InChI is InChI=1S/C27H33O6P/c28-24-19-20-26(29)27(22-24)33-34(30,32-25-17-11-7-12-18-25)31-21-13-5-3-1-2-4-8-14-23-15-9-6-10-16-23/h6-7,9-12,15-20,22,28-29H,1-5,8,13-14,21H2. The minimum atomic E-state index is -4.08. The van der Waals surface area contributed by atoms with Gasteiger partial charge in [0.15, 0.2) is 11.5 Å². The molecule has 7 heteroatoms. The Morgan fingerprint density at radius 1 is 0.676 bits per heavy atom. The summed E-state index contributed by atoms with van der Waals surface area (Å²) in [6.07, 6.45) is 8.62. The molecule has 0 heterocycles. The SMILES string of the molecule is O=P(OCCCCCCCCCc1ccccc1)(Oc1ccccc1)Oc1cc(O)ccc1O. The van der Waals surface area contributed by atoms with Crippen molar-refractivity contribution < 1.29 is 28.3 Å². The number of hydrogen-bond donors (Lipinski definition) is 2. The van der Waals surface area contributed by atoms with Gasteiger partial charge in [-0.15, -0.1) is 0 Å². The highest BCUT2D eigenvalue weighted by molar-refractivity contribution is 7.49. The zero-order chi connectivity index (χ0) is 24.1. The smallest absolute Gasteiger partial charge is 0.508 e. The second-order valence-electron chi connectivity index (χ2n) is 8.14. The number of phosphoric ester groups is 1. The third-order valence-corrected chi connectivity index (χ3v) is 6.67. The molecule has 1 unspecified atom stereocenters. The zero-order valence-corrected chi connectivity index (χ0v) is 20.2. The summed E-state index contributed by atoms with van der Waals surface area (Å²) in [5, 5.41) is 19.7. The van der Waals surface area contributed by atoms with Crippen LogP contribution in [0.5, 0.6) is 23.0 Å². The molecule has 0 saturated carbocycles. The van der Waals surface area contributed by atoms with E-state index in [-0.39, 0.29) is 23.9 Å². The number of phosphoric acid groups is 1. The summed E-state index contributed by atoms with van der Waals surface area (Å²) in [7, 11) is -4.08. The molecule has 182 valence electrons. The van der Waals surface area contributed by atoms with Crippen molar-refractivity contribution in [1.82, 2.24) is 0 Å². The summed E-state index contributed by atoms with van der Waals surface area (Å²) in [5.74, 6) is -0.260. The predicted octanol–water partition coefficient (Wildman–Crippen LogP) is 7.65. The Bertz CT molecular complexity index is 1030. The third kappa shape index (κ3) is 9.12. The largest absolute Gasteiger partial charge is 0.587 e. The van der Waals surface area contributed by atoms with Gasteiger partial charge < -0.3 is 19.3 Å². The number of hydrogen-bond acceptors (Lipinski definition) is 6. The number of unbranched alkanes of at least 4 members (excludes halogenated alkanes) is 6. The van der Waals surface area contributed by atoms with Crippen LogP contribution in [0.2, 0.25) is 0 Å². The predicted molar refractivity (Wildman–Crippen MR) is 133 cm³/mol. The molecule has 0 saturated heterocycles. The van der Waals surface area contributed by atoms with Gasteiger partial charge in [-0.2, -0.15) is 0 Å². The van der Waals surface area contributed by atoms with E-state index >= 15 is 0 Å². The van der Waals surface area contributed by atoms with Gasteiger partial charge in [-0.1, -0.05) is 80.6 Å². The molecule has 0 amide bonds. The van der Waals surface area contributed by atoms with Gasteiger partial charge in [-0.3, -0.25) is 4.52 Å². The number of benzene rings is 3. The van der Waals surface area contributed by atoms with E-state index in [2.05, 4.69) is 24.3 Å².